The lowest BCUT2D eigenvalue weighted by atomic mass is 10.5. The zero-order chi connectivity index (χ0) is 13.6. The third kappa shape index (κ3) is 6.93. The Kier molecular flexibility index (Phi) is 6.15. The number of hydrogen-bond acceptors (Lipinski definition) is 4. The van der Waals surface area contributed by atoms with Crippen molar-refractivity contribution in [3.05, 3.63) is 0 Å². The topological polar surface area (TPSA) is 107 Å². The lowest BCUT2D eigenvalue weighted by molar-refractivity contribution is -0.143. The number of carbonyl (C=O) groups is 2. The molecule has 0 aliphatic rings. The van der Waals surface area contributed by atoms with Crippen LogP contribution >= 0.6 is 7.60 Å². The number of nitrogens with zero attached hydrogens (tertiary/aromatic N) is 2. The summed E-state index contributed by atoms with van der Waals surface area (Å²) in [6.45, 7) is 1.24. The molecule has 0 aromatic carbocycles. The maximum atomic E-state index is 11.6. The fraction of sp³-hybridized carbons (Fsp3) is 0.750. The second-order valence-corrected chi connectivity index (χ2v) is 5.10. The van der Waals surface area contributed by atoms with Gasteiger partial charge in [-0.25, -0.2) is 4.79 Å². The van der Waals surface area contributed by atoms with E-state index < -0.39 is 32.4 Å². The molecule has 0 saturated heterocycles. The van der Waals surface area contributed by atoms with Gasteiger partial charge in [-0.15, -0.1) is 0 Å². The molecule has 0 atom stereocenters. The van der Waals surface area contributed by atoms with Crippen LogP contribution in [0, 0.1) is 0 Å². The second-order valence-electron chi connectivity index (χ2n) is 3.49. The Morgan fingerprint density at radius 3 is 2.18 bits per heavy atom. The number of urea groups is 1. The first-order chi connectivity index (χ1) is 7.67. The SMILES string of the molecule is CCOC(=O)CN(CP(=O)(O)O)C(=O)N(C)C. The molecule has 0 aromatic heterocycles. The maximum Gasteiger partial charge on any atom is 0.344 e. The van der Waals surface area contributed by atoms with E-state index in [-0.39, 0.29) is 6.61 Å². The highest BCUT2D eigenvalue weighted by molar-refractivity contribution is 7.51. The molecule has 0 aliphatic carbocycles. The fourth-order valence-corrected chi connectivity index (χ4v) is 1.71. The van der Waals surface area contributed by atoms with Gasteiger partial charge in [0.25, 0.3) is 0 Å². The maximum absolute atomic E-state index is 11.6. The van der Waals surface area contributed by atoms with Crippen LogP contribution in [0.5, 0.6) is 0 Å². The summed E-state index contributed by atoms with van der Waals surface area (Å²) in [6.07, 6.45) is -0.817. The van der Waals surface area contributed by atoms with Crippen LogP contribution in [0.1, 0.15) is 6.92 Å². The lowest BCUT2D eigenvalue weighted by Gasteiger charge is -2.25. The van der Waals surface area contributed by atoms with Gasteiger partial charge in [0.1, 0.15) is 12.8 Å². The Morgan fingerprint density at radius 1 is 1.29 bits per heavy atom. The number of ether oxygens (including phenoxy) is 1. The van der Waals surface area contributed by atoms with Gasteiger partial charge in [-0.05, 0) is 6.92 Å². The van der Waals surface area contributed by atoms with Crippen molar-refractivity contribution in [3.8, 4) is 0 Å². The molecule has 0 spiro atoms. The molecule has 0 radical (unpaired) electrons. The molecular weight excluding hydrogens is 251 g/mol. The Morgan fingerprint density at radius 2 is 1.82 bits per heavy atom. The predicted octanol–water partition coefficient (Wildman–Crippen LogP) is -0.332. The van der Waals surface area contributed by atoms with Crippen LogP contribution < -0.4 is 0 Å². The Hall–Kier alpha value is -1.11. The number of hydrogen-bond donors (Lipinski definition) is 2. The van der Waals surface area contributed by atoms with Crippen molar-refractivity contribution in [2.75, 3.05) is 33.5 Å². The van der Waals surface area contributed by atoms with Crippen molar-refractivity contribution in [2.24, 2.45) is 0 Å². The first-order valence-electron chi connectivity index (χ1n) is 4.83. The summed E-state index contributed by atoms with van der Waals surface area (Å²) >= 11 is 0. The average molecular weight is 268 g/mol. The Balaban J connectivity index is 4.68. The van der Waals surface area contributed by atoms with Crippen LogP contribution in [0.15, 0.2) is 0 Å². The zero-order valence-corrected chi connectivity index (χ0v) is 10.9. The van der Waals surface area contributed by atoms with Gasteiger partial charge in [0.15, 0.2) is 0 Å². The van der Waals surface area contributed by atoms with Crippen LogP contribution in [0.2, 0.25) is 0 Å². The molecule has 100 valence electrons. The molecule has 2 N–H and O–H groups in total. The van der Waals surface area contributed by atoms with Crippen molar-refractivity contribution in [2.45, 2.75) is 6.92 Å². The van der Waals surface area contributed by atoms with Crippen LogP contribution in [-0.4, -0.2) is 65.1 Å². The summed E-state index contributed by atoms with van der Waals surface area (Å²) in [5.41, 5.74) is 0. The predicted molar refractivity (Wildman–Crippen MR) is 59.3 cm³/mol. The summed E-state index contributed by atoms with van der Waals surface area (Å²) in [5.74, 6) is -0.712. The van der Waals surface area contributed by atoms with E-state index in [0.29, 0.717) is 0 Å². The van der Waals surface area contributed by atoms with Gasteiger partial charge in [-0.2, -0.15) is 0 Å². The smallest absolute Gasteiger partial charge is 0.344 e. The molecular formula is C8H17N2O6P. The molecule has 0 rings (SSSR count). The summed E-state index contributed by atoms with van der Waals surface area (Å²) < 4.78 is 15.5. The van der Waals surface area contributed by atoms with E-state index in [1.807, 2.05) is 0 Å². The quantitative estimate of drug-likeness (QED) is 0.522. The summed E-state index contributed by atoms with van der Waals surface area (Å²) in [7, 11) is -1.59. The first kappa shape index (κ1) is 15.9. The van der Waals surface area contributed by atoms with E-state index in [4.69, 9.17) is 9.79 Å². The molecule has 0 aliphatic heterocycles. The van der Waals surface area contributed by atoms with Crippen LogP contribution in [0.4, 0.5) is 4.79 Å². The number of esters is 1. The fourth-order valence-electron chi connectivity index (χ4n) is 1.05. The van der Waals surface area contributed by atoms with Crippen molar-refractivity contribution in [1.82, 2.24) is 9.80 Å². The monoisotopic (exact) mass is 268 g/mol. The molecule has 0 saturated carbocycles. The molecule has 8 nitrogen and oxygen atoms in total. The van der Waals surface area contributed by atoms with Gasteiger partial charge in [0.2, 0.25) is 0 Å². The standard InChI is InChI=1S/C8H17N2O6P/c1-4-16-7(11)5-10(6-17(13,14)15)8(12)9(2)3/h4-6H2,1-3H3,(H2,13,14,15). The van der Waals surface area contributed by atoms with Gasteiger partial charge in [-0.3, -0.25) is 9.36 Å². The molecule has 9 heteroatoms. The minimum Gasteiger partial charge on any atom is -0.465 e. The van der Waals surface area contributed by atoms with Crippen molar-refractivity contribution in [3.63, 3.8) is 0 Å². The van der Waals surface area contributed by atoms with E-state index in [1.165, 1.54) is 14.1 Å². The molecule has 0 aromatic rings. The second kappa shape index (κ2) is 6.58. The van der Waals surface area contributed by atoms with E-state index in [0.717, 1.165) is 9.80 Å². The average Bonchev–Trinajstić information content (AvgIpc) is 2.13. The molecule has 17 heavy (non-hydrogen) atoms. The zero-order valence-electron chi connectivity index (χ0n) is 9.99. The molecule has 0 fully saturated rings. The number of amides is 2. The van der Waals surface area contributed by atoms with Crippen molar-refractivity contribution >= 4 is 19.6 Å². The van der Waals surface area contributed by atoms with Crippen molar-refractivity contribution in [1.29, 1.82) is 0 Å². The summed E-state index contributed by atoms with van der Waals surface area (Å²) in [6, 6.07) is -0.665. The van der Waals surface area contributed by atoms with Gasteiger partial charge in [0, 0.05) is 14.1 Å². The highest BCUT2D eigenvalue weighted by atomic mass is 31.2. The highest BCUT2D eigenvalue weighted by Crippen LogP contribution is 2.35. The van der Waals surface area contributed by atoms with Gasteiger partial charge in [0.05, 0.1) is 6.61 Å². The molecule has 0 bridgehead atoms. The van der Waals surface area contributed by atoms with E-state index >= 15 is 0 Å². The third-order valence-electron chi connectivity index (χ3n) is 1.63. The number of rotatable bonds is 5. The largest absolute Gasteiger partial charge is 0.465 e. The van der Waals surface area contributed by atoms with Gasteiger partial charge in [-0.1, -0.05) is 0 Å². The normalized spacial score (nSPS) is 10.9. The van der Waals surface area contributed by atoms with Crippen molar-refractivity contribution < 1.29 is 28.7 Å². The third-order valence-corrected chi connectivity index (χ3v) is 2.34. The summed E-state index contributed by atoms with van der Waals surface area (Å²) in [5, 5.41) is 0. The minimum atomic E-state index is -4.42. The lowest BCUT2D eigenvalue weighted by Crippen LogP contribution is -2.43. The van der Waals surface area contributed by atoms with Gasteiger partial charge < -0.3 is 24.3 Å². The molecule has 0 heterocycles. The highest BCUT2D eigenvalue weighted by Gasteiger charge is 2.26. The van der Waals surface area contributed by atoms with Gasteiger partial charge >= 0.3 is 19.6 Å². The van der Waals surface area contributed by atoms with Crippen LogP contribution in [0.25, 0.3) is 0 Å². The Labute approximate surface area is 99.3 Å². The van der Waals surface area contributed by atoms with Crippen LogP contribution in [-0.2, 0) is 14.1 Å². The number of carbonyl (C=O) groups excluding carboxylic acids is 2. The minimum absolute atomic E-state index is 0.138. The molecule has 0 unspecified atom stereocenters. The van der Waals surface area contributed by atoms with Crippen LogP contribution in [0.3, 0.4) is 0 Å². The van der Waals surface area contributed by atoms with E-state index in [1.54, 1.807) is 6.92 Å². The molecule has 2 amide bonds. The Bertz CT molecular complexity index is 326. The van der Waals surface area contributed by atoms with E-state index in [9.17, 15) is 14.2 Å². The van der Waals surface area contributed by atoms with E-state index in [2.05, 4.69) is 4.74 Å². The summed E-state index contributed by atoms with van der Waals surface area (Å²) in [4.78, 5) is 42.2. The first-order valence-corrected chi connectivity index (χ1v) is 6.63.